The predicted molar refractivity (Wildman–Crippen MR) is 110 cm³/mol. The quantitative estimate of drug-likeness (QED) is 0.528. The van der Waals surface area contributed by atoms with Gasteiger partial charge in [0, 0.05) is 6.54 Å². The van der Waals surface area contributed by atoms with E-state index in [0.717, 1.165) is 24.4 Å². The van der Waals surface area contributed by atoms with Crippen LogP contribution in [0.25, 0.3) is 10.4 Å². The summed E-state index contributed by atoms with van der Waals surface area (Å²) in [5, 5.41) is 0. The highest BCUT2D eigenvalue weighted by molar-refractivity contribution is 7.13. The largest absolute Gasteiger partial charge is 0.378 e. The van der Waals surface area contributed by atoms with Gasteiger partial charge in [-0.05, 0) is 32.1 Å². The fourth-order valence-corrected chi connectivity index (χ4v) is 3.27. The molecule has 27 heavy (non-hydrogen) atoms. The van der Waals surface area contributed by atoms with Gasteiger partial charge in [0.2, 0.25) is 0 Å². The zero-order valence-corrected chi connectivity index (χ0v) is 17.3. The molecule has 2 aromatic rings. The molecule has 2 N–H and O–H groups in total. The molecule has 1 aromatic carbocycles. The van der Waals surface area contributed by atoms with Crippen molar-refractivity contribution < 1.29 is 14.2 Å². The molecule has 0 spiro atoms. The normalized spacial score (nSPS) is 12.6. The maximum absolute atomic E-state index is 6.21. The molecule has 0 radical (unpaired) electrons. The Morgan fingerprint density at radius 1 is 1.00 bits per heavy atom. The van der Waals surface area contributed by atoms with Gasteiger partial charge in [-0.1, -0.05) is 24.3 Å². The summed E-state index contributed by atoms with van der Waals surface area (Å²) >= 11 is 1.65. The lowest BCUT2D eigenvalue weighted by Crippen LogP contribution is -2.20. The van der Waals surface area contributed by atoms with E-state index in [4.69, 9.17) is 19.9 Å². The molecule has 0 aliphatic heterocycles. The third kappa shape index (κ3) is 8.04. The Kier molecular flexibility index (Phi) is 9.90. The Hall–Kier alpha value is -1.35. The predicted octanol–water partition coefficient (Wildman–Crippen LogP) is 2.73. The van der Waals surface area contributed by atoms with Crippen molar-refractivity contribution in [3.8, 4) is 10.4 Å². The van der Waals surface area contributed by atoms with Crippen LogP contribution in [0.2, 0.25) is 0 Å². The van der Waals surface area contributed by atoms with Crippen molar-refractivity contribution in [1.29, 1.82) is 0 Å². The lowest BCUT2D eigenvalue weighted by atomic mass is 10.0. The fourth-order valence-electron chi connectivity index (χ4n) is 2.45. The van der Waals surface area contributed by atoms with Crippen LogP contribution in [0.1, 0.15) is 17.3 Å². The minimum Gasteiger partial charge on any atom is -0.378 e. The zero-order valence-electron chi connectivity index (χ0n) is 16.5. The Bertz CT molecular complexity index is 646. The molecule has 0 saturated carbocycles. The van der Waals surface area contributed by atoms with Crippen LogP contribution in [0.15, 0.2) is 29.8 Å². The first-order valence-corrected chi connectivity index (χ1v) is 10.1. The van der Waals surface area contributed by atoms with Crippen LogP contribution in [-0.2, 0) is 14.2 Å². The third-order valence-corrected chi connectivity index (χ3v) is 5.05. The SMILES string of the molecule is Cc1ncsc1-c1ccc([C@@H](N)COCCOCCOCCN(C)C)cc1. The van der Waals surface area contributed by atoms with Crippen molar-refractivity contribution in [1.82, 2.24) is 9.88 Å². The first-order valence-electron chi connectivity index (χ1n) is 9.22. The van der Waals surface area contributed by atoms with Gasteiger partial charge < -0.3 is 24.8 Å². The van der Waals surface area contributed by atoms with Crippen LogP contribution in [0, 0.1) is 6.92 Å². The summed E-state index contributed by atoms with van der Waals surface area (Å²) in [4.78, 5) is 7.59. The summed E-state index contributed by atoms with van der Waals surface area (Å²) in [6.45, 7) is 6.42. The van der Waals surface area contributed by atoms with Crippen LogP contribution in [0.4, 0.5) is 0 Å². The molecule has 0 amide bonds. The van der Waals surface area contributed by atoms with Crippen LogP contribution in [0.5, 0.6) is 0 Å². The summed E-state index contributed by atoms with van der Waals surface area (Å²) in [6.07, 6.45) is 0. The Morgan fingerprint density at radius 2 is 1.63 bits per heavy atom. The number of benzene rings is 1. The lowest BCUT2D eigenvalue weighted by Gasteiger charge is -2.13. The summed E-state index contributed by atoms with van der Waals surface area (Å²) in [7, 11) is 4.05. The molecule has 7 heteroatoms. The number of nitrogens with two attached hydrogens (primary N) is 1. The van der Waals surface area contributed by atoms with E-state index in [1.807, 2.05) is 26.5 Å². The van der Waals surface area contributed by atoms with Gasteiger partial charge in [-0.25, -0.2) is 4.98 Å². The van der Waals surface area contributed by atoms with Crippen molar-refractivity contribution >= 4 is 11.3 Å². The molecule has 0 aliphatic rings. The first-order chi connectivity index (χ1) is 13.1. The van der Waals surface area contributed by atoms with Gasteiger partial charge in [0.05, 0.1) is 61.8 Å². The molecule has 0 unspecified atom stereocenters. The average molecular weight is 394 g/mol. The molecule has 0 saturated heterocycles. The lowest BCUT2D eigenvalue weighted by molar-refractivity contribution is 0.0100. The van der Waals surface area contributed by atoms with Crippen LogP contribution in [-0.4, -0.2) is 70.2 Å². The second-order valence-corrected chi connectivity index (χ2v) is 7.45. The smallest absolute Gasteiger partial charge is 0.0801 e. The maximum Gasteiger partial charge on any atom is 0.0801 e. The second-order valence-electron chi connectivity index (χ2n) is 6.60. The van der Waals surface area contributed by atoms with Gasteiger partial charge in [-0.2, -0.15) is 0 Å². The number of nitrogens with zero attached hydrogens (tertiary/aromatic N) is 2. The van der Waals surface area contributed by atoms with E-state index >= 15 is 0 Å². The first kappa shape index (κ1) is 21.9. The number of hydrogen-bond acceptors (Lipinski definition) is 7. The number of ether oxygens (including phenoxy) is 3. The topological polar surface area (TPSA) is 69.8 Å². The number of hydrogen-bond donors (Lipinski definition) is 1. The molecule has 0 fully saturated rings. The summed E-state index contributed by atoms with van der Waals surface area (Å²) in [6, 6.07) is 8.16. The Balaban J connectivity index is 1.57. The van der Waals surface area contributed by atoms with Crippen molar-refractivity contribution in [2.45, 2.75) is 13.0 Å². The van der Waals surface area contributed by atoms with Gasteiger partial charge in [0.25, 0.3) is 0 Å². The van der Waals surface area contributed by atoms with Crippen molar-refractivity contribution in [2.75, 3.05) is 60.3 Å². The van der Waals surface area contributed by atoms with Gasteiger partial charge in [0.1, 0.15) is 0 Å². The number of rotatable bonds is 13. The molecule has 6 nitrogen and oxygen atoms in total. The Morgan fingerprint density at radius 3 is 2.22 bits per heavy atom. The van der Waals surface area contributed by atoms with Crippen molar-refractivity contribution in [2.24, 2.45) is 5.73 Å². The highest BCUT2D eigenvalue weighted by atomic mass is 32.1. The second kappa shape index (κ2) is 12.2. The molecule has 2 rings (SSSR count). The van der Waals surface area contributed by atoms with Gasteiger partial charge in [-0.3, -0.25) is 0 Å². The zero-order chi connectivity index (χ0) is 19.5. The average Bonchev–Trinajstić information content (AvgIpc) is 3.09. The molecule has 1 aromatic heterocycles. The van der Waals surface area contributed by atoms with E-state index in [1.54, 1.807) is 11.3 Å². The van der Waals surface area contributed by atoms with E-state index in [0.29, 0.717) is 33.0 Å². The molecule has 0 bridgehead atoms. The minimum absolute atomic E-state index is 0.143. The number of thiazole rings is 1. The molecule has 150 valence electrons. The third-order valence-electron chi connectivity index (χ3n) is 4.07. The van der Waals surface area contributed by atoms with E-state index in [-0.39, 0.29) is 6.04 Å². The summed E-state index contributed by atoms with van der Waals surface area (Å²) < 4.78 is 16.6. The standard InChI is InChI=1S/C20H31N3O3S/c1-16-20(27-15-22-16)18-6-4-17(5-7-18)19(21)14-26-13-12-25-11-10-24-9-8-23(2)3/h4-7,15,19H,8-14,21H2,1-3H3/t19-/m0/s1. The monoisotopic (exact) mass is 393 g/mol. The van der Waals surface area contributed by atoms with Gasteiger partial charge in [-0.15, -0.1) is 11.3 Å². The van der Waals surface area contributed by atoms with Crippen molar-refractivity contribution in [3.63, 3.8) is 0 Å². The molecule has 1 heterocycles. The van der Waals surface area contributed by atoms with E-state index in [2.05, 4.69) is 34.1 Å². The highest BCUT2D eigenvalue weighted by Gasteiger charge is 2.08. The highest BCUT2D eigenvalue weighted by Crippen LogP contribution is 2.27. The number of likely N-dealkylation sites (N-methyl/N-ethyl adjacent to an activating group) is 1. The van der Waals surface area contributed by atoms with E-state index in [9.17, 15) is 0 Å². The minimum atomic E-state index is -0.143. The van der Waals surface area contributed by atoms with E-state index < -0.39 is 0 Å². The number of aromatic nitrogens is 1. The van der Waals surface area contributed by atoms with Crippen LogP contribution >= 0.6 is 11.3 Å². The van der Waals surface area contributed by atoms with Crippen LogP contribution in [0.3, 0.4) is 0 Å². The Labute approximate surface area is 166 Å². The van der Waals surface area contributed by atoms with Gasteiger partial charge >= 0.3 is 0 Å². The van der Waals surface area contributed by atoms with E-state index in [1.165, 1.54) is 10.4 Å². The molecular weight excluding hydrogens is 362 g/mol. The maximum atomic E-state index is 6.21. The summed E-state index contributed by atoms with van der Waals surface area (Å²) in [5.41, 5.74) is 11.4. The molecular formula is C20H31N3O3S. The fraction of sp³-hybridized carbons (Fsp3) is 0.550. The van der Waals surface area contributed by atoms with Crippen LogP contribution < -0.4 is 5.73 Å². The van der Waals surface area contributed by atoms with Crippen molar-refractivity contribution in [3.05, 3.63) is 41.0 Å². The molecule has 0 aliphatic carbocycles. The number of aryl methyl sites for hydroxylation is 1. The van der Waals surface area contributed by atoms with Gasteiger partial charge in [0.15, 0.2) is 0 Å². The molecule has 1 atom stereocenters. The summed E-state index contributed by atoms with van der Waals surface area (Å²) in [5.74, 6) is 0.